The Kier molecular flexibility index (Phi) is 11.6. The lowest BCUT2D eigenvalue weighted by Gasteiger charge is -2.46. The summed E-state index contributed by atoms with van der Waals surface area (Å²) in [5.74, 6) is -2.49. The van der Waals surface area contributed by atoms with Crippen molar-refractivity contribution in [1.29, 1.82) is 0 Å². The van der Waals surface area contributed by atoms with E-state index in [-0.39, 0.29) is 29.3 Å². The molecule has 0 aromatic carbocycles. The molecule has 0 spiro atoms. The molecule has 0 bridgehead atoms. The second-order valence-corrected chi connectivity index (χ2v) is 11.0. The van der Waals surface area contributed by atoms with Gasteiger partial charge in [0.15, 0.2) is 12.1 Å². The standard InChI is InChI=1S/C28H45NO8/c1-15-11-9-10-12-21(30)16(2)13-17(3)27(18(4)22(31)14-23(32)35-19(15)5)37-28-26(34)24(29(7)8)25(33)20(6)36-28/h9-12,15-20,24-28,33-34H,13-14H2,1-8H3/t15-,16+,17-,18-,19+,20+,24?,25?,26?,27-,28-/m0/s1. The third-order valence-corrected chi connectivity index (χ3v) is 7.63. The molecular formula is C28H45NO8. The molecule has 9 nitrogen and oxygen atoms in total. The van der Waals surface area contributed by atoms with Gasteiger partial charge < -0.3 is 29.3 Å². The van der Waals surface area contributed by atoms with Crippen molar-refractivity contribution in [2.75, 3.05) is 14.1 Å². The number of aliphatic hydroxyl groups is 2. The molecule has 0 aromatic heterocycles. The van der Waals surface area contributed by atoms with Gasteiger partial charge in [-0.05, 0) is 46.4 Å². The van der Waals surface area contributed by atoms with Gasteiger partial charge in [0, 0.05) is 17.8 Å². The quantitative estimate of drug-likeness (QED) is 0.424. The molecule has 2 aliphatic rings. The largest absolute Gasteiger partial charge is 0.462 e. The molecule has 2 heterocycles. The van der Waals surface area contributed by atoms with Crippen LogP contribution in [0.4, 0.5) is 0 Å². The number of carbonyl (C=O) groups excluding carboxylic acids is 3. The molecule has 0 aromatic rings. The Hall–Kier alpha value is -1.91. The predicted molar refractivity (Wildman–Crippen MR) is 138 cm³/mol. The van der Waals surface area contributed by atoms with Crippen LogP contribution in [0.15, 0.2) is 24.3 Å². The summed E-state index contributed by atoms with van der Waals surface area (Å²) in [4.78, 5) is 40.2. The monoisotopic (exact) mass is 523 g/mol. The normalized spacial score (nSPS) is 41.2. The van der Waals surface area contributed by atoms with E-state index >= 15 is 0 Å². The molecule has 2 aliphatic heterocycles. The Bertz CT molecular complexity index is 855. The Morgan fingerprint density at radius 3 is 2.22 bits per heavy atom. The van der Waals surface area contributed by atoms with Crippen molar-refractivity contribution in [2.24, 2.45) is 23.7 Å². The fourth-order valence-corrected chi connectivity index (χ4v) is 5.00. The molecule has 2 rings (SSSR count). The van der Waals surface area contributed by atoms with Crippen molar-refractivity contribution in [1.82, 2.24) is 4.90 Å². The predicted octanol–water partition coefficient (Wildman–Crippen LogP) is 2.29. The minimum absolute atomic E-state index is 0.0492. The van der Waals surface area contributed by atoms with Crippen molar-refractivity contribution in [2.45, 2.75) is 97.2 Å². The number of hydrogen-bond donors (Lipinski definition) is 2. The number of carbonyl (C=O) groups is 3. The Labute approximate surface area is 220 Å². The van der Waals surface area contributed by atoms with Crippen LogP contribution in [0.3, 0.4) is 0 Å². The molecule has 0 amide bonds. The number of rotatable bonds is 3. The zero-order valence-corrected chi connectivity index (χ0v) is 23.4. The van der Waals surface area contributed by atoms with Crippen LogP contribution in [-0.2, 0) is 28.6 Å². The van der Waals surface area contributed by atoms with Crippen LogP contribution in [0.25, 0.3) is 0 Å². The van der Waals surface area contributed by atoms with Crippen LogP contribution in [0.5, 0.6) is 0 Å². The minimum atomic E-state index is -1.18. The maximum Gasteiger partial charge on any atom is 0.313 e. The number of esters is 1. The van der Waals surface area contributed by atoms with Crippen molar-refractivity contribution in [3.63, 3.8) is 0 Å². The van der Waals surface area contributed by atoms with Crippen molar-refractivity contribution in [3.05, 3.63) is 24.3 Å². The van der Waals surface area contributed by atoms with Crippen LogP contribution in [0, 0.1) is 23.7 Å². The fraction of sp³-hybridized carbons (Fsp3) is 0.750. The molecule has 210 valence electrons. The number of Topliss-reactive ketones (excluding diaryl/α,β-unsaturated/α-hetero) is 1. The van der Waals surface area contributed by atoms with E-state index in [1.165, 1.54) is 6.08 Å². The lowest BCUT2D eigenvalue weighted by atomic mass is 9.82. The van der Waals surface area contributed by atoms with E-state index in [9.17, 15) is 24.6 Å². The van der Waals surface area contributed by atoms with E-state index in [4.69, 9.17) is 14.2 Å². The number of cyclic esters (lactones) is 1. The van der Waals surface area contributed by atoms with Crippen LogP contribution in [0.2, 0.25) is 0 Å². The Morgan fingerprint density at radius 1 is 0.946 bits per heavy atom. The summed E-state index contributed by atoms with van der Waals surface area (Å²) < 4.78 is 17.6. The third-order valence-electron chi connectivity index (χ3n) is 7.63. The summed E-state index contributed by atoms with van der Waals surface area (Å²) in [5, 5.41) is 21.5. The van der Waals surface area contributed by atoms with Gasteiger partial charge in [-0.2, -0.15) is 0 Å². The molecule has 0 radical (unpaired) electrons. The summed E-state index contributed by atoms with van der Waals surface area (Å²) in [6.07, 6.45) is 1.77. The third kappa shape index (κ3) is 8.29. The zero-order valence-electron chi connectivity index (χ0n) is 23.4. The lowest BCUT2D eigenvalue weighted by molar-refractivity contribution is -0.300. The smallest absolute Gasteiger partial charge is 0.313 e. The van der Waals surface area contributed by atoms with Crippen LogP contribution < -0.4 is 0 Å². The SMILES string of the molecule is C[C@@H]1C[C@H](C)[C@H](O[C@@H]2O[C@H](C)C(O)C(N(C)C)C2O)[C@@H](C)C(=O)CC(=O)O[C@H](C)[C@@H](C)C=CC=CC1=O. The molecule has 0 aliphatic carbocycles. The first-order chi connectivity index (χ1) is 17.2. The van der Waals surface area contributed by atoms with E-state index in [2.05, 4.69) is 0 Å². The molecule has 1 fully saturated rings. The second-order valence-electron chi connectivity index (χ2n) is 11.0. The molecule has 0 saturated carbocycles. The number of ketones is 2. The Balaban J connectivity index is 2.36. The molecule has 37 heavy (non-hydrogen) atoms. The summed E-state index contributed by atoms with van der Waals surface area (Å²) in [7, 11) is 3.49. The first kappa shape index (κ1) is 31.3. The highest BCUT2D eigenvalue weighted by molar-refractivity contribution is 5.97. The maximum absolute atomic E-state index is 13.2. The molecule has 2 N–H and O–H groups in total. The van der Waals surface area contributed by atoms with Crippen LogP contribution in [-0.4, -0.2) is 89.6 Å². The fourth-order valence-electron chi connectivity index (χ4n) is 5.00. The lowest BCUT2D eigenvalue weighted by Crippen LogP contribution is -2.63. The number of hydrogen-bond acceptors (Lipinski definition) is 9. The first-order valence-electron chi connectivity index (χ1n) is 13.2. The van der Waals surface area contributed by atoms with Gasteiger partial charge in [-0.3, -0.25) is 14.4 Å². The highest BCUT2D eigenvalue weighted by Crippen LogP contribution is 2.31. The van der Waals surface area contributed by atoms with Gasteiger partial charge in [0.1, 0.15) is 24.4 Å². The van der Waals surface area contributed by atoms with E-state index in [0.717, 1.165) is 0 Å². The van der Waals surface area contributed by atoms with Gasteiger partial charge in [0.05, 0.1) is 24.4 Å². The van der Waals surface area contributed by atoms with Gasteiger partial charge >= 0.3 is 5.97 Å². The van der Waals surface area contributed by atoms with Crippen molar-refractivity contribution >= 4 is 17.5 Å². The van der Waals surface area contributed by atoms with Crippen LogP contribution in [0.1, 0.15) is 54.4 Å². The van der Waals surface area contributed by atoms with Gasteiger partial charge in [0.2, 0.25) is 0 Å². The summed E-state index contributed by atoms with van der Waals surface area (Å²) in [6, 6.07) is -0.640. The number of nitrogens with zero attached hydrogens (tertiary/aromatic N) is 1. The number of likely N-dealkylation sites (N-methyl/N-ethyl adjacent to an activating group) is 1. The molecular weight excluding hydrogens is 478 g/mol. The van der Waals surface area contributed by atoms with E-state index in [1.54, 1.807) is 51.9 Å². The summed E-state index contributed by atoms with van der Waals surface area (Å²) >= 11 is 0. The highest BCUT2D eigenvalue weighted by atomic mass is 16.7. The molecule has 9 heteroatoms. The topological polar surface area (TPSA) is 123 Å². The van der Waals surface area contributed by atoms with E-state index in [1.807, 2.05) is 26.8 Å². The molecule has 3 unspecified atom stereocenters. The van der Waals surface area contributed by atoms with Crippen molar-refractivity contribution < 1.29 is 38.8 Å². The van der Waals surface area contributed by atoms with Gasteiger partial charge in [0.25, 0.3) is 0 Å². The van der Waals surface area contributed by atoms with Gasteiger partial charge in [-0.15, -0.1) is 0 Å². The number of aliphatic hydroxyl groups excluding tert-OH is 2. The van der Waals surface area contributed by atoms with Gasteiger partial charge in [-0.25, -0.2) is 0 Å². The van der Waals surface area contributed by atoms with Crippen LogP contribution >= 0.6 is 0 Å². The van der Waals surface area contributed by atoms with E-state index in [0.29, 0.717) is 6.42 Å². The number of allylic oxidation sites excluding steroid dienone is 3. The first-order valence-corrected chi connectivity index (χ1v) is 13.2. The molecule has 11 atom stereocenters. The average Bonchev–Trinajstić information content (AvgIpc) is 2.81. The Morgan fingerprint density at radius 2 is 1.59 bits per heavy atom. The van der Waals surface area contributed by atoms with Crippen molar-refractivity contribution in [3.8, 4) is 0 Å². The summed E-state index contributed by atoms with van der Waals surface area (Å²) in [6.45, 7) is 10.7. The second kappa shape index (κ2) is 13.8. The highest BCUT2D eigenvalue weighted by Gasteiger charge is 2.46. The zero-order chi connectivity index (χ0) is 28.0. The number of ether oxygens (including phenoxy) is 3. The molecule has 1 saturated heterocycles. The van der Waals surface area contributed by atoms with E-state index < -0.39 is 61.2 Å². The summed E-state index contributed by atoms with van der Waals surface area (Å²) in [5.41, 5.74) is 0. The van der Waals surface area contributed by atoms with Gasteiger partial charge in [-0.1, -0.05) is 45.9 Å². The minimum Gasteiger partial charge on any atom is -0.462 e. The maximum atomic E-state index is 13.2. The average molecular weight is 524 g/mol.